The van der Waals surface area contributed by atoms with Gasteiger partial charge in [0.2, 0.25) is 0 Å². The molecule has 0 aromatic heterocycles. The summed E-state index contributed by atoms with van der Waals surface area (Å²) in [5, 5.41) is 0. The molecule has 0 amide bonds. The van der Waals surface area contributed by atoms with E-state index in [0.717, 1.165) is 38.5 Å². The maximum absolute atomic E-state index is 13.5. The third-order valence-electron chi connectivity index (χ3n) is 7.45. The number of unbranched alkanes of at least 4 members (excludes halogenated alkanes) is 12. The van der Waals surface area contributed by atoms with E-state index < -0.39 is 24.1 Å². The highest BCUT2D eigenvalue weighted by Crippen LogP contribution is 2.29. The molecule has 0 bridgehead atoms. The molecule has 2 aromatic carbocycles. The predicted octanol–water partition coefficient (Wildman–Crippen LogP) is 8.40. The normalized spacial score (nSPS) is 11.7. The first kappa shape index (κ1) is 36.5. The zero-order valence-corrected chi connectivity index (χ0v) is 28.1. The molecule has 0 saturated carbocycles. The Morgan fingerprint density at radius 1 is 0.605 bits per heavy atom. The summed E-state index contributed by atoms with van der Waals surface area (Å²) in [6.07, 6.45) is 16.1. The molecule has 0 N–H and O–H groups in total. The Labute approximate surface area is 259 Å². The average molecular weight is 635 g/mol. The van der Waals surface area contributed by atoms with Crippen LogP contribution in [0.25, 0.3) is 5.53 Å². The van der Waals surface area contributed by atoms with Gasteiger partial charge in [-0.05, 0) is 74.2 Å². The molecule has 0 aliphatic heterocycles. The van der Waals surface area contributed by atoms with Crippen LogP contribution in [0.4, 0.5) is 0 Å². The Balaban J connectivity index is 2.04. The molecule has 0 atom stereocenters. The summed E-state index contributed by atoms with van der Waals surface area (Å²) in [6, 6.07) is 8.67. The van der Waals surface area contributed by atoms with Gasteiger partial charge in [-0.2, -0.15) is 0 Å². The van der Waals surface area contributed by atoms with Crippen LogP contribution in [-0.2, 0) is 19.7 Å². The second-order valence-corrected chi connectivity index (χ2v) is 15.1. The quantitative estimate of drug-likeness (QED) is 0.0474. The summed E-state index contributed by atoms with van der Waals surface area (Å²) >= 11 is 0. The van der Waals surface area contributed by atoms with Gasteiger partial charge in [-0.1, -0.05) is 90.9 Å². The van der Waals surface area contributed by atoms with Crippen molar-refractivity contribution >= 4 is 24.1 Å². The maximum Gasteiger partial charge on any atom is 0.504 e. The fourth-order valence-corrected chi connectivity index (χ4v) is 8.71. The van der Waals surface area contributed by atoms with Crippen LogP contribution < -0.4 is 9.47 Å². The number of sulfone groups is 2. The van der Waals surface area contributed by atoms with E-state index in [1.165, 1.54) is 75.6 Å². The second-order valence-electron chi connectivity index (χ2n) is 11.2. The summed E-state index contributed by atoms with van der Waals surface area (Å²) < 4.78 is 64.1. The van der Waals surface area contributed by atoms with E-state index in [-0.39, 0.29) is 9.79 Å². The molecular formula is C33H50N2O6S2. The van der Waals surface area contributed by atoms with Gasteiger partial charge in [0, 0.05) is 0 Å². The van der Waals surface area contributed by atoms with E-state index >= 15 is 0 Å². The number of ether oxygens (including phenoxy) is 2. The molecule has 240 valence electrons. The lowest BCUT2D eigenvalue weighted by Gasteiger charge is -2.11. The molecule has 0 aliphatic carbocycles. The highest BCUT2D eigenvalue weighted by atomic mass is 32.3. The lowest BCUT2D eigenvalue weighted by Crippen LogP contribution is -2.27. The van der Waals surface area contributed by atoms with E-state index in [1.54, 1.807) is 26.0 Å². The van der Waals surface area contributed by atoms with Crippen molar-refractivity contribution < 1.29 is 31.1 Å². The highest BCUT2D eigenvalue weighted by molar-refractivity contribution is 8.31. The van der Waals surface area contributed by atoms with E-state index in [9.17, 15) is 22.4 Å². The fourth-order valence-electron chi connectivity index (χ4n) is 4.96. The summed E-state index contributed by atoms with van der Waals surface area (Å²) in [7, 11) is -9.35. The van der Waals surface area contributed by atoms with Crippen molar-refractivity contribution in [1.29, 1.82) is 0 Å². The summed E-state index contributed by atoms with van der Waals surface area (Å²) in [5.41, 5.74) is 10.2. The molecule has 0 heterocycles. The second kappa shape index (κ2) is 18.9. The van der Waals surface area contributed by atoms with Crippen LogP contribution in [0.5, 0.6) is 11.5 Å². The molecule has 0 aliphatic rings. The number of benzene rings is 2. The third-order valence-corrected chi connectivity index (χ3v) is 11.9. The SMILES string of the molecule is CCCCCCCCCOc1ccc(S(=O)(=O)C(=[N+]=[N-])S(=O)(=O)c2ccc(OCCCCCCCCC)cc2C)c(C)c1. The van der Waals surface area contributed by atoms with Crippen molar-refractivity contribution in [3.05, 3.63) is 53.1 Å². The Bertz CT molecular complexity index is 1310. The van der Waals surface area contributed by atoms with Crippen LogP contribution in [-0.4, -0.2) is 39.2 Å². The van der Waals surface area contributed by atoms with Gasteiger partial charge >= 0.3 is 4.38 Å². The molecule has 0 radical (unpaired) electrons. The molecule has 43 heavy (non-hydrogen) atoms. The Morgan fingerprint density at radius 3 is 1.28 bits per heavy atom. The van der Waals surface area contributed by atoms with Gasteiger partial charge in [-0.3, -0.25) is 0 Å². The van der Waals surface area contributed by atoms with Crippen LogP contribution >= 0.6 is 0 Å². The van der Waals surface area contributed by atoms with Gasteiger partial charge in [0.15, 0.2) is 0 Å². The van der Waals surface area contributed by atoms with Crippen molar-refractivity contribution in [1.82, 2.24) is 0 Å². The van der Waals surface area contributed by atoms with Crippen LogP contribution in [0.15, 0.2) is 46.2 Å². The Hall–Kier alpha value is -2.68. The van der Waals surface area contributed by atoms with Gasteiger partial charge in [0.05, 0.1) is 23.0 Å². The molecule has 0 fully saturated rings. The zero-order chi connectivity index (χ0) is 31.7. The smallest absolute Gasteiger partial charge is 0.494 e. The Kier molecular flexibility index (Phi) is 16.0. The first-order chi connectivity index (χ1) is 20.6. The number of hydrogen-bond donors (Lipinski definition) is 0. The number of rotatable bonds is 20. The number of aryl methyl sites for hydroxylation is 2. The third kappa shape index (κ3) is 11.4. The number of nitrogens with zero attached hydrogens (tertiary/aromatic N) is 2. The molecular weight excluding hydrogens is 585 g/mol. The minimum atomic E-state index is -4.68. The topological polar surface area (TPSA) is 123 Å². The van der Waals surface area contributed by atoms with Gasteiger partial charge in [-0.15, -0.1) is 4.79 Å². The summed E-state index contributed by atoms with van der Waals surface area (Å²) in [5.74, 6) is 0.992. The monoisotopic (exact) mass is 634 g/mol. The highest BCUT2D eigenvalue weighted by Gasteiger charge is 2.45. The predicted molar refractivity (Wildman–Crippen MR) is 172 cm³/mol. The molecule has 0 spiro atoms. The van der Waals surface area contributed by atoms with Crippen molar-refractivity contribution in [2.24, 2.45) is 0 Å². The van der Waals surface area contributed by atoms with Crippen LogP contribution in [0, 0.1) is 13.8 Å². The number of hydrogen-bond acceptors (Lipinski definition) is 6. The van der Waals surface area contributed by atoms with E-state index in [2.05, 4.69) is 18.6 Å². The first-order valence-corrected chi connectivity index (χ1v) is 18.7. The van der Waals surface area contributed by atoms with Gasteiger partial charge in [0.1, 0.15) is 11.5 Å². The van der Waals surface area contributed by atoms with Crippen molar-refractivity contribution in [2.75, 3.05) is 13.2 Å². The Morgan fingerprint density at radius 2 is 0.953 bits per heavy atom. The van der Waals surface area contributed by atoms with E-state index in [1.807, 2.05) is 0 Å². The van der Waals surface area contributed by atoms with Crippen LogP contribution in [0.1, 0.15) is 115 Å². The lowest BCUT2D eigenvalue weighted by atomic mass is 10.1. The van der Waals surface area contributed by atoms with Crippen LogP contribution in [0.3, 0.4) is 0 Å². The van der Waals surface area contributed by atoms with Gasteiger partial charge in [0.25, 0.3) is 19.7 Å². The lowest BCUT2D eigenvalue weighted by molar-refractivity contribution is 0.00379. The molecule has 0 unspecified atom stereocenters. The van der Waals surface area contributed by atoms with Crippen molar-refractivity contribution in [3.8, 4) is 11.5 Å². The first-order valence-electron chi connectivity index (χ1n) is 15.8. The van der Waals surface area contributed by atoms with Crippen LogP contribution in [0.2, 0.25) is 0 Å². The van der Waals surface area contributed by atoms with Crippen molar-refractivity contribution in [3.63, 3.8) is 0 Å². The van der Waals surface area contributed by atoms with Gasteiger partial charge in [-0.25, -0.2) is 16.8 Å². The fraction of sp³-hybridized carbons (Fsp3) is 0.606. The summed E-state index contributed by atoms with van der Waals surface area (Å²) in [6.45, 7) is 8.51. The molecule has 2 rings (SSSR count). The molecule has 0 saturated heterocycles. The summed E-state index contributed by atoms with van der Waals surface area (Å²) in [4.78, 5) is 2.25. The van der Waals surface area contributed by atoms with E-state index in [0.29, 0.717) is 35.8 Å². The largest absolute Gasteiger partial charge is 0.504 e. The molecule has 10 heteroatoms. The molecule has 8 nitrogen and oxygen atoms in total. The zero-order valence-electron chi connectivity index (χ0n) is 26.4. The van der Waals surface area contributed by atoms with Gasteiger partial charge < -0.3 is 15.0 Å². The minimum absolute atomic E-state index is 0.264. The minimum Gasteiger partial charge on any atom is -0.494 e. The maximum atomic E-state index is 13.5. The molecule has 2 aromatic rings. The van der Waals surface area contributed by atoms with Crippen molar-refractivity contribution in [2.45, 2.75) is 127 Å². The van der Waals surface area contributed by atoms with E-state index in [4.69, 9.17) is 9.47 Å². The standard InChI is InChI=1S/C33H50N2O6S2/c1-5-7-9-11-13-15-17-23-40-29-19-21-31(27(3)25-29)42(36,37)33(35-34)43(38,39)32-22-20-30(26-28(32)4)41-24-18-16-14-12-10-8-6-2/h19-22,25-26H,5-18,23-24H2,1-4H3. The average Bonchev–Trinajstić information content (AvgIpc) is 2.95.